The Morgan fingerprint density at radius 3 is 2.06 bits per heavy atom. The van der Waals surface area contributed by atoms with Gasteiger partial charge in [-0.15, -0.1) is 23.2 Å². The van der Waals surface area contributed by atoms with Crippen molar-refractivity contribution < 1.29 is 51.0 Å². The number of hydrogen-bond donors (Lipinski definition) is 1. The number of alkyl halides is 2. The fraction of sp³-hybridized carbons (Fsp3) is 0.257. The molecule has 4 aliphatic rings. The lowest BCUT2D eigenvalue weighted by atomic mass is 9.56. The summed E-state index contributed by atoms with van der Waals surface area (Å²) < 4.78 is 78.4. The van der Waals surface area contributed by atoms with E-state index in [4.69, 9.17) is 27.9 Å². The molecule has 3 aromatic carbocycles. The van der Waals surface area contributed by atoms with Crippen molar-refractivity contribution in [3.63, 3.8) is 0 Å². The van der Waals surface area contributed by atoms with E-state index < -0.39 is 104 Å². The van der Waals surface area contributed by atoms with E-state index in [1.165, 1.54) is 25.3 Å². The summed E-state index contributed by atoms with van der Waals surface area (Å²) in [4.78, 5) is 51.8. The Bertz CT molecular complexity index is 2080. The van der Waals surface area contributed by atoms with Crippen LogP contribution in [-0.2, 0) is 19.2 Å². The maximum Gasteiger partial charge on any atom is 0.258 e. The van der Waals surface area contributed by atoms with E-state index in [9.17, 15) is 37.5 Å². The molecule has 0 bridgehead atoms. The zero-order valence-corrected chi connectivity index (χ0v) is 27.2. The van der Waals surface area contributed by atoms with Gasteiger partial charge >= 0.3 is 0 Å². The lowest BCUT2D eigenvalue weighted by Gasteiger charge is -2.50. The number of phenolic OH excluding ortho intramolecular Hbond substituents is 1. The van der Waals surface area contributed by atoms with E-state index in [2.05, 4.69) is 6.58 Å². The highest BCUT2D eigenvalue weighted by Crippen LogP contribution is 2.67. The first-order chi connectivity index (χ1) is 23.6. The van der Waals surface area contributed by atoms with Crippen LogP contribution < -0.4 is 14.5 Å². The zero-order chi connectivity index (χ0) is 36.2. The van der Waals surface area contributed by atoms with Crippen LogP contribution in [0.15, 0.2) is 60.7 Å². The summed E-state index contributed by atoms with van der Waals surface area (Å²) in [5, 5.41) is 11.2. The fourth-order valence-electron chi connectivity index (χ4n) is 7.82. The Balaban J connectivity index is 1.43. The number of ether oxygens (including phenoxy) is 1. The molecular formula is C35H23Cl2F5N2O6. The van der Waals surface area contributed by atoms with Gasteiger partial charge in [0.2, 0.25) is 17.6 Å². The molecule has 0 radical (unpaired) electrons. The quantitative estimate of drug-likeness (QED) is 0.0802. The maximum absolute atomic E-state index is 15.2. The topological polar surface area (TPSA) is 104 Å². The Morgan fingerprint density at radius 1 is 0.860 bits per heavy atom. The largest absolute Gasteiger partial charge is 0.508 e. The van der Waals surface area contributed by atoms with Gasteiger partial charge in [-0.2, -0.15) is 0 Å². The van der Waals surface area contributed by atoms with Crippen molar-refractivity contribution >= 4 is 64.3 Å². The average Bonchev–Trinajstić information content (AvgIpc) is 3.44. The Kier molecular flexibility index (Phi) is 7.68. The Labute approximate surface area is 290 Å². The van der Waals surface area contributed by atoms with Crippen molar-refractivity contribution in [2.24, 2.45) is 17.8 Å². The molecule has 7 rings (SSSR count). The Hall–Kier alpha value is -4.75. The number of phenols is 1. The van der Waals surface area contributed by atoms with Crippen LogP contribution in [0, 0.1) is 46.8 Å². The first kappa shape index (κ1) is 33.7. The lowest BCUT2D eigenvalue weighted by Crippen LogP contribution is -2.60. The van der Waals surface area contributed by atoms with Gasteiger partial charge in [0.15, 0.2) is 33.0 Å². The number of carbonyl (C=O) groups is 4. The third kappa shape index (κ3) is 4.22. The molecule has 2 aliphatic heterocycles. The molecule has 8 nitrogen and oxygen atoms in total. The minimum absolute atomic E-state index is 0.0541. The van der Waals surface area contributed by atoms with E-state index in [1.54, 1.807) is 30.3 Å². The molecule has 0 spiro atoms. The van der Waals surface area contributed by atoms with Gasteiger partial charge in [0, 0.05) is 17.5 Å². The fourth-order valence-corrected chi connectivity index (χ4v) is 8.75. The number of anilines is 2. The zero-order valence-electron chi connectivity index (χ0n) is 25.7. The van der Waals surface area contributed by atoms with Crippen molar-refractivity contribution in [1.82, 2.24) is 0 Å². The number of benzene rings is 3. The third-order valence-electron chi connectivity index (χ3n) is 10.2. The molecule has 3 fully saturated rings. The molecule has 3 aromatic rings. The SMILES string of the molecule is C=Cc1ccc(N2C(=O)C3CC=C4C(CC5(Cl)C(=O)N(c6c(F)c(F)c(F)c(F)c6F)C(=O)C5(Cl)C4c4ccc(OC)cc4O)C3C2=O)cc1. The monoisotopic (exact) mass is 732 g/mol. The van der Waals surface area contributed by atoms with Crippen LogP contribution in [-0.4, -0.2) is 45.6 Å². The minimum Gasteiger partial charge on any atom is -0.508 e. The molecule has 0 aromatic heterocycles. The van der Waals surface area contributed by atoms with Crippen molar-refractivity contribution in [1.29, 1.82) is 0 Å². The van der Waals surface area contributed by atoms with Gasteiger partial charge in [0.25, 0.3) is 11.8 Å². The normalized spacial score (nSPS) is 28.8. The highest BCUT2D eigenvalue weighted by atomic mass is 35.5. The summed E-state index contributed by atoms with van der Waals surface area (Å²) in [6, 6.07) is 10.2. The number of fused-ring (bicyclic) bond motifs is 4. The molecule has 15 heteroatoms. The summed E-state index contributed by atoms with van der Waals surface area (Å²) in [6.45, 7) is 3.68. The van der Waals surface area contributed by atoms with Crippen LogP contribution in [0.5, 0.6) is 11.5 Å². The molecular weight excluding hydrogens is 710 g/mol. The van der Waals surface area contributed by atoms with Gasteiger partial charge in [-0.1, -0.05) is 42.5 Å². The molecule has 258 valence electrons. The molecule has 6 unspecified atom stereocenters. The van der Waals surface area contributed by atoms with E-state index in [-0.39, 0.29) is 33.9 Å². The number of hydrogen-bond acceptors (Lipinski definition) is 6. The maximum atomic E-state index is 15.2. The lowest BCUT2D eigenvalue weighted by molar-refractivity contribution is -0.125. The molecule has 1 N–H and O–H groups in total. The highest BCUT2D eigenvalue weighted by molar-refractivity contribution is 6.58. The molecule has 1 saturated carbocycles. The smallest absolute Gasteiger partial charge is 0.258 e. The predicted octanol–water partition coefficient (Wildman–Crippen LogP) is 6.51. The second-order valence-corrected chi connectivity index (χ2v) is 13.7. The molecule has 2 saturated heterocycles. The first-order valence-corrected chi connectivity index (χ1v) is 15.8. The molecule has 4 amide bonds. The number of allylic oxidation sites excluding steroid dienone is 2. The molecule has 6 atom stereocenters. The Morgan fingerprint density at radius 2 is 1.48 bits per heavy atom. The van der Waals surface area contributed by atoms with Crippen molar-refractivity contribution in [3.8, 4) is 11.5 Å². The number of rotatable bonds is 5. The number of aromatic hydroxyl groups is 1. The second kappa shape index (κ2) is 11.4. The second-order valence-electron chi connectivity index (χ2n) is 12.4. The van der Waals surface area contributed by atoms with Crippen LogP contribution in [0.2, 0.25) is 0 Å². The van der Waals surface area contributed by atoms with Crippen molar-refractivity contribution in [2.75, 3.05) is 16.9 Å². The summed E-state index contributed by atoms with van der Waals surface area (Å²) in [7, 11) is 1.31. The van der Waals surface area contributed by atoms with Crippen LogP contribution in [0.3, 0.4) is 0 Å². The van der Waals surface area contributed by atoms with Crippen LogP contribution >= 0.6 is 23.2 Å². The number of amides is 4. The summed E-state index contributed by atoms with van der Waals surface area (Å²) in [6.07, 6.45) is 2.38. The molecule has 2 heterocycles. The summed E-state index contributed by atoms with van der Waals surface area (Å²) in [5.41, 5.74) is -0.857. The van der Waals surface area contributed by atoms with Gasteiger partial charge in [0.05, 0.1) is 24.6 Å². The number of imide groups is 2. The highest BCUT2D eigenvalue weighted by Gasteiger charge is 2.77. The number of methoxy groups -OCH3 is 1. The first-order valence-electron chi connectivity index (χ1n) is 15.1. The van der Waals surface area contributed by atoms with Gasteiger partial charge in [-0.25, -0.2) is 26.9 Å². The summed E-state index contributed by atoms with van der Waals surface area (Å²) in [5.74, 6) is -22.1. The number of halogens is 7. The van der Waals surface area contributed by atoms with Gasteiger partial charge in [-0.05, 0) is 42.5 Å². The van der Waals surface area contributed by atoms with Crippen LogP contribution in [0.4, 0.5) is 33.3 Å². The third-order valence-corrected chi connectivity index (χ3v) is 11.6. The number of nitrogens with zero attached hydrogens (tertiary/aromatic N) is 2. The van der Waals surface area contributed by atoms with Crippen LogP contribution in [0.1, 0.15) is 29.9 Å². The number of carbonyl (C=O) groups excluding carboxylic acids is 4. The van der Waals surface area contributed by atoms with E-state index >= 15 is 8.78 Å². The van der Waals surface area contributed by atoms with Gasteiger partial charge in [-0.3, -0.25) is 24.1 Å². The van der Waals surface area contributed by atoms with Gasteiger partial charge < -0.3 is 9.84 Å². The van der Waals surface area contributed by atoms with E-state index in [0.29, 0.717) is 5.56 Å². The standard InChI is InChI=1S/C35H23Cl2F5N2O6/c1-3-14-4-6-15(7-5-14)43-30(46)19-11-10-17-20(22(19)31(43)47)13-34(36)32(48)44(29-27(41)25(39)24(38)26(40)28(29)42)33(49)35(34,37)23(17)18-9-8-16(50-2)12-21(18)45/h3-10,12,19-20,22-23,45H,1,11,13H2,2H3. The molecule has 2 aliphatic carbocycles. The average molecular weight is 733 g/mol. The van der Waals surface area contributed by atoms with Crippen LogP contribution in [0.25, 0.3) is 6.08 Å². The minimum atomic E-state index is -2.76. The van der Waals surface area contributed by atoms with E-state index in [0.717, 1.165) is 11.0 Å². The summed E-state index contributed by atoms with van der Waals surface area (Å²) >= 11 is 14.2. The van der Waals surface area contributed by atoms with Gasteiger partial charge in [0.1, 0.15) is 17.2 Å². The molecule has 50 heavy (non-hydrogen) atoms. The van der Waals surface area contributed by atoms with Crippen molar-refractivity contribution in [3.05, 3.63) is 101 Å². The van der Waals surface area contributed by atoms with E-state index in [1.807, 2.05) is 0 Å². The predicted molar refractivity (Wildman–Crippen MR) is 170 cm³/mol. The van der Waals surface area contributed by atoms with Crippen molar-refractivity contribution in [2.45, 2.75) is 28.5 Å².